The molecule has 0 aliphatic carbocycles. The highest BCUT2D eigenvalue weighted by Crippen LogP contribution is 2.50. The first-order valence-corrected chi connectivity index (χ1v) is 14.5. The Hall–Kier alpha value is -3.25. The Bertz CT molecular complexity index is 1300. The Kier molecular flexibility index (Phi) is 8.70. The van der Waals surface area contributed by atoms with E-state index < -0.39 is 7.05 Å². The number of benzene rings is 4. The van der Waals surface area contributed by atoms with Gasteiger partial charge in [-0.3, -0.25) is 14.9 Å². The maximum atomic E-state index is 11.7. The quantitative estimate of drug-likeness (QED) is 0.106. The maximum Gasteiger partial charge on any atom is 0.271 e. The van der Waals surface area contributed by atoms with Crippen molar-refractivity contribution in [2.75, 3.05) is 6.61 Å². The van der Waals surface area contributed by atoms with E-state index >= 15 is 0 Å². The molecule has 5 nitrogen and oxygen atoms in total. The summed E-state index contributed by atoms with van der Waals surface area (Å²) in [5.74, 6) is 0.494. The molecule has 0 amide bonds. The van der Waals surface area contributed by atoms with Gasteiger partial charge in [0.2, 0.25) is 4.38 Å². The monoisotopic (exact) mass is 532 g/mol. The minimum Gasteiger partial charge on any atom is -0.479 e. The van der Waals surface area contributed by atoms with Gasteiger partial charge in [0.05, 0.1) is 24.3 Å². The Morgan fingerprint density at radius 2 is 1.39 bits per heavy atom. The molecule has 0 atom stereocenters. The molecule has 0 spiro atoms. The zero-order valence-electron chi connectivity index (χ0n) is 19.7. The highest BCUT2D eigenvalue weighted by Gasteiger charge is 2.28. The Morgan fingerprint density at radius 3 is 1.83 bits per heavy atom. The van der Waals surface area contributed by atoms with Crippen LogP contribution in [-0.2, 0) is 10.5 Å². The normalized spacial score (nSPS) is 11.0. The van der Waals surface area contributed by atoms with Crippen LogP contribution < -0.4 is 15.9 Å². The molecule has 4 aromatic carbocycles. The highest BCUT2D eigenvalue weighted by atomic mass is 32.2. The Morgan fingerprint density at radius 1 is 0.889 bits per heavy atom. The van der Waals surface area contributed by atoms with Crippen LogP contribution in [0.1, 0.15) is 12.5 Å². The van der Waals surface area contributed by atoms with Crippen LogP contribution in [0.2, 0.25) is 0 Å². The zero-order chi connectivity index (χ0) is 25.4. The first-order chi connectivity index (χ1) is 17.5. The molecular formula is C28H25N2O3PS2. The molecule has 0 radical (unpaired) electrons. The van der Waals surface area contributed by atoms with Gasteiger partial charge in [-0.1, -0.05) is 103 Å². The van der Waals surface area contributed by atoms with Crippen LogP contribution in [0, 0.1) is 10.1 Å². The molecule has 36 heavy (non-hydrogen) atoms. The Balaban J connectivity index is 2.04. The predicted octanol–water partition coefficient (Wildman–Crippen LogP) is 6.96. The molecule has 0 N–H and O–H groups in total. The summed E-state index contributed by atoms with van der Waals surface area (Å²) in [6.07, 6.45) is 0. The van der Waals surface area contributed by atoms with Crippen molar-refractivity contribution in [1.82, 2.24) is 0 Å². The first-order valence-electron chi connectivity index (χ1n) is 11.4. The second-order valence-corrected chi connectivity index (χ2v) is 12.4. The number of thioether (sulfide) groups is 1. The van der Waals surface area contributed by atoms with Crippen molar-refractivity contribution in [3.05, 3.63) is 125 Å². The highest BCUT2D eigenvalue weighted by molar-refractivity contribution is 8.22. The van der Waals surface area contributed by atoms with Crippen molar-refractivity contribution >= 4 is 62.7 Å². The number of nitro benzene ring substituents is 1. The van der Waals surface area contributed by atoms with Crippen molar-refractivity contribution in [2.45, 2.75) is 12.7 Å². The van der Waals surface area contributed by atoms with Gasteiger partial charge >= 0.3 is 0 Å². The van der Waals surface area contributed by atoms with E-state index in [4.69, 9.17) is 21.7 Å². The van der Waals surface area contributed by atoms with E-state index in [9.17, 15) is 10.1 Å². The zero-order valence-corrected chi connectivity index (χ0v) is 22.2. The number of hydrogen-bond acceptors (Lipinski definition) is 6. The second-order valence-electron chi connectivity index (χ2n) is 7.78. The fourth-order valence-corrected chi connectivity index (χ4v) is 8.46. The van der Waals surface area contributed by atoms with Crippen LogP contribution in [0.4, 0.5) is 11.4 Å². The molecule has 0 heterocycles. The molecule has 4 aromatic rings. The van der Waals surface area contributed by atoms with E-state index in [1.807, 2.05) is 61.5 Å². The molecule has 8 heteroatoms. The van der Waals surface area contributed by atoms with E-state index in [0.29, 0.717) is 22.4 Å². The van der Waals surface area contributed by atoms with Crippen LogP contribution in [-0.4, -0.2) is 15.9 Å². The standard InChI is InChI=1S/C28H25N2O3PS2/c1-2-33-28(35)36-21-22-18-19-23(30(31)32)20-27(22)29-34(24-12-6-3-7-13-24,25-14-8-4-9-15-25)26-16-10-5-11-17-26/h3-20H,2,21H2,1H3. The van der Waals surface area contributed by atoms with E-state index in [-0.39, 0.29) is 10.6 Å². The van der Waals surface area contributed by atoms with E-state index in [1.165, 1.54) is 17.8 Å². The smallest absolute Gasteiger partial charge is 0.271 e. The number of nitro groups is 1. The summed E-state index contributed by atoms with van der Waals surface area (Å²) in [5, 5.41) is 14.9. The average molecular weight is 533 g/mol. The molecule has 0 fully saturated rings. The summed E-state index contributed by atoms with van der Waals surface area (Å²) in [6.45, 7) is 2.38. The van der Waals surface area contributed by atoms with Crippen molar-refractivity contribution in [3.63, 3.8) is 0 Å². The lowest BCUT2D eigenvalue weighted by molar-refractivity contribution is -0.384. The third-order valence-corrected chi connectivity index (χ3v) is 10.5. The van der Waals surface area contributed by atoms with Crippen molar-refractivity contribution in [1.29, 1.82) is 0 Å². The lowest BCUT2D eigenvalue weighted by Crippen LogP contribution is -2.25. The second kappa shape index (κ2) is 12.1. The SMILES string of the molecule is CCOC(=S)SCc1ccc([N+](=O)[O-])cc1N=P(c1ccccc1)(c1ccccc1)c1ccccc1. The summed E-state index contributed by atoms with van der Waals surface area (Å²) in [7, 11) is -2.58. The van der Waals surface area contributed by atoms with Gasteiger partial charge in [0, 0.05) is 33.8 Å². The molecule has 0 aromatic heterocycles. The predicted molar refractivity (Wildman–Crippen MR) is 156 cm³/mol. The van der Waals surface area contributed by atoms with Crippen LogP contribution in [0.15, 0.2) is 114 Å². The van der Waals surface area contributed by atoms with Gasteiger partial charge in [-0.2, -0.15) is 0 Å². The number of ether oxygens (including phenoxy) is 1. The molecule has 0 bridgehead atoms. The molecule has 0 aliphatic rings. The van der Waals surface area contributed by atoms with Crippen molar-refractivity contribution in [2.24, 2.45) is 4.74 Å². The van der Waals surface area contributed by atoms with Crippen LogP contribution in [0.25, 0.3) is 0 Å². The van der Waals surface area contributed by atoms with Gasteiger partial charge in [0.25, 0.3) is 5.69 Å². The van der Waals surface area contributed by atoms with Gasteiger partial charge in [-0.15, -0.1) is 0 Å². The van der Waals surface area contributed by atoms with Crippen LogP contribution in [0.5, 0.6) is 0 Å². The molecule has 4 rings (SSSR count). The number of rotatable bonds is 8. The fraction of sp³-hybridized carbons (Fsp3) is 0.107. The van der Waals surface area contributed by atoms with Gasteiger partial charge < -0.3 is 4.74 Å². The third-order valence-electron chi connectivity index (χ3n) is 5.53. The minimum atomic E-state index is -2.58. The van der Waals surface area contributed by atoms with E-state index in [2.05, 4.69) is 36.4 Å². The van der Waals surface area contributed by atoms with Gasteiger partial charge in [-0.05, 0) is 30.8 Å². The molecule has 0 saturated heterocycles. The lowest BCUT2D eigenvalue weighted by Gasteiger charge is -2.27. The molecular weight excluding hydrogens is 507 g/mol. The summed E-state index contributed by atoms with van der Waals surface area (Å²) in [4.78, 5) is 11.3. The van der Waals surface area contributed by atoms with Crippen molar-refractivity contribution in [3.8, 4) is 0 Å². The van der Waals surface area contributed by atoms with Crippen LogP contribution >= 0.6 is 31.0 Å². The largest absolute Gasteiger partial charge is 0.479 e. The number of hydrogen-bond donors (Lipinski definition) is 0. The van der Waals surface area contributed by atoms with Gasteiger partial charge in [0.1, 0.15) is 0 Å². The summed E-state index contributed by atoms with van der Waals surface area (Å²) >= 11 is 6.70. The summed E-state index contributed by atoms with van der Waals surface area (Å²) in [6, 6.07) is 35.4. The first kappa shape index (κ1) is 25.8. The van der Waals surface area contributed by atoms with Gasteiger partial charge in [0.15, 0.2) is 0 Å². The summed E-state index contributed by atoms with van der Waals surface area (Å²) < 4.78 is 11.4. The van der Waals surface area contributed by atoms with E-state index in [0.717, 1.165) is 21.5 Å². The van der Waals surface area contributed by atoms with Crippen molar-refractivity contribution < 1.29 is 9.66 Å². The molecule has 0 aliphatic heterocycles. The van der Waals surface area contributed by atoms with E-state index in [1.54, 1.807) is 12.1 Å². The summed E-state index contributed by atoms with van der Waals surface area (Å²) in [5.41, 5.74) is 1.45. The maximum absolute atomic E-state index is 11.7. The number of non-ortho nitro benzene ring substituents is 1. The molecule has 0 unspecified atom stereocenters. The topological polar surface area (TPSA) is 64.7 Å². The minimum absolute atomic E-state index is 0.00201. The number of thiocarbonyl (C=S) groups is 1. The lowest BCUT2D eigenvalue weighted by atomic mass is 10.2. The Labute approximate surface area is 220 Å². The molecule has 182 valence electrons. The van der Waals surface area contributed by atoms with Gasteiger partial charge in [-0.25, -0.2) is 0 Å². The third kappa shape index (κ3) is 5.76. The molecule has 0 saturated carbocycles. The fourth-order valence-electron chi connectivity index (χ4n) is 3.89. The number of nitrogens with zero attached hydrogens (tertiary/aromatic N) is 2. The average Bonchev–Trinajstić information content (AvgIpc) is 2.92. The van der Waals surface area contributed by atoms with Crippen LogP contribution in [0.3, 0.4) is 0 Å².